The lowest BCUT2D eigenvalue weighted by atomic mass is 10.2. The lowest BCUT2D eigenvalue weighted by Gasteiger charge is -2.17. The van der Waals surface area contributed by atoms with Crippen LogP contribution in [-0.4, -0.2) is 27.6 Å². The molecular weight excluding hydrogens is 322 g/mol. The van der Waals surface area contributed by atoms with Gasteiger partial charge in [-0.1, -0.05) is 41.9 Å². The number of rotatable bonds is 4. The monoisotopic (exact) mass is 339 g/mol. The molecule has 0 aliphatic rings. The standard InChI is InChI=1S/C19H18ClN3O/c1-14-18(12-21-23(14)17-9-4-3-5-10-17)19(24)22(2)13-15-7-6-8-16(20)11-15/h3-12H,13H2,1-2H3. The third-order valence-electron chi connectivity index (χ3n) is 3.90. The van der Waals surface area contributed by atoms with Crippen LogP contribution in [0.5, 0.6) is 0 Å². The summed E-state index contributed by atoms with van der Waals surface area (Å²) in [7, 11) is 1.78. The maximum atomic E-state index is 12.7. The minimum absolute atomic E-state index is 0.0605. The molecule has 0 unspecified atom stereocenters. The predicted molar refractivity (Wildman–Crippen MR) is 95.6 cm³/mol. The van der Waals surface area contributed by atoms with E-state index in [9.17, 15) is 4.79 Å². The molecule has 1 amide bonds. The summed E-state index contributed by atoms with van der Waals surface area (Å²) in [4.78, 5) is 14.4. The summed E-state index contributed by atoms with van der Waals surface area (Å²) in [6.07, 6.45) is 1.62. The van der Waals surface area contributed by atoms with Crippen molar-refractivity contribution in [3.05, 3.63) is 82.6 Å². The zero-order valence-electron chi connectivity index (χ0n) is 13.6. The number of carbonyl (C=O) groups is 1. The van der Waals surface area contributed by atoms with Gasteiger partial charge in [0.2, 0.25) is 0 Å². The first-order chi connectivity index (χ1) is 11.6. The Balaban J connectivity index is 1.81. The van der Waals surface area contributed by atoms with Crippen LogP contribution in [0.4, 0.5) is 0 Å². The number of carbonyl (C=O) groups excluding carboxylic acids is 1. The highest BCUT2D eigenvalue weighted by Crippen LogP contribution is 2.17. The van der Waals surface area contributed by atoms with E-state index in [1.54, 1.807) is 22.8 Å². The molecular formula is C19H18ClN3O. The van der Waals surface area contributed by atoms with Crippen LogP contribution in [0.15, 0.2) is 60.8 Å². The summed E-state index contributed by atoms with van der Waals surface area (Å²) in [6.45, 7) is 2.40. The number of aromatic nitrogens is 2. The second kappa shape index (κ2) is 6.89. The minimum Gasteiger partial charge on any atom is -0.337 e. The highest BCUT2D eigenvalue weighted by atomic mass is 35.5. The summed E-state index contributed by atoms with van der Waals surface area (Å²) in [6, 6.07) is 17.3. The smallest absolute Gasteiger partial charge is 0.257 e. The van der Waals surface area contributed by atoms with Crippen molar-refractivity contribution >= 4 is 17.5 Å². The molecule has 3 rings (SSSR count). The Morgan fingerprint density at radius 3 is 2.62 bits per heavy atom. The Bertz CT molecular complexity index is 858. The molecule has 0 aliphatic heterocycles. The molecule has 0 bridgehead atoms. The van der Waals surface area contributed by atoms with Gasteiger partial charge in [-0.15, -0.1) is 0 Å². The third kappa shape index (κ3) is 3.34. The molecule has 0 saturated heterocycles. The van der Waals surface area contributed by atoms with E-state index < -0.39 is 0 Å². The van der Waals surface area contributed by atoms with Crippen LogP contribution < -0.4 is 0 Å². The highest BCUT2D eigenvalue weighted by molar-refractivity contribution is 6.30. The van der Waals surface area contributed by atoms with E-state index in [1.165, 1.54) is 0 Å². The molecule has 2 aromatic carbocycles. The van der Waals surface area contributed by atoms with Crippen LogP contribution in [0.2, 0.25) is 5.02 Å². The van der Waals surface area contributed by atoms with Crippen molar-refractivity contribution in [3.63, 3.8) is 0 Å². The Hall–Kier alpha value is -2.59. The largest absolute Gasteiger partial charge is 0.337 e. The van der Waals surface area contributed by atoms with E-state index in [-0.39, 0.29) is 5.91 Å². The van der Waals surface area contributed by atoms with Gasteiger partial charge in [-0.2, -0.15) is 5.10 Å². The van der Waals surface area contributed by atoms with Crippen molar-refractivity contribution in [2.45, 2.75) is 13.5 Å². The number of para-hydroxylation sites is 1. The molecule has 3 aromatic rings. The van der Waals surface area contributed by atoms with Gasteiger partial charge in [0.25, 0.3) is 5.91 Å². The average Bonchev–Trinajstić information content (AvgIpc) is 2.96. The lowest BCUT2D eigenvalue weighted by Crippen LogP contribution is -2.26. The molecule has 0 N–H and O–H groups in total. The van der Waals surface area contributed by atoms with Gasteiger partial charge in [0, 0.05) is 18.6 Å². The molecule has 1 heterocycles. The number of benzene rings is 2. The van der Waals surface area contributed by atoms with Gasteiger partial charge in [0.05, 0.1) is 23.1 Å². The molecule has 4 nitrogen and oxygen atoms in total. The normalized spacial score (nSPS) is 10.6. The summed E-state index contributed by atoms with van der Waals surface area (Å²) in [5.41, 5.74) is 3.35. The maximum absolute atomic E-state index is 12.7. The van der Waals surface area contributed by atoms with Crippen molar-refractivity contribution in [3.8, 4) is 5.69 Å². The van der Waals surface area contributed by atoms with Crippen LogP contribution in [0, 0.1) is 6.92 Å². The second-order valence-corrected chi connectivity index (χ2v) is 6.12. The van der Waals surface area contributed by atoms with Crippen LogP contribution >= 0.6 is 11.6 Å². The van der Waals surface area contributed by atoms with Crippen LogP contribution in [0.1, 0.15) is 21.6 Å². The maximum Gasteiger partial charge on any atom is 0.257 e. The number of halogens is 1. The fourth-order valence-corrected chi connectivity index (χ4v) is 2.85. The first kappa shape index (κ1) is 16.3. The van der Waals surface area contributed by atoms with Gasteiger partial charge in [-0.05, 0) is 36.8 Å². The summed E-state index contributed by atoms with van der Waals surface area (Å²) >= 11 is 6.00. The number of hydrogen-bond donors (Lipinski definition) is 0. The molecule has 0 fully saturated rings. The second-order valence-electron chi connectivity index (χ2n) is 5.68. The summed E-state index contributed by atoms with van der Waals surface area (Å²) < 4.78 is 1.78. The Kier molecular flexibility index (Phi) is 4.67. The van der Waals surface area contributed by atoms with Gasteiger partial charge >= 0.3 is 0 Å². The van der Waals surface area contributed by atoms with Crippen molar-refractivity contribution in [2.24, 2.45) is 0 Å². The van der Waals surface area contributed by atoms with Gasteiger partial charge in [0.15, 0.2) is 0 Å². The van der Waals surface area contributed by atoms with Crippen molar-refractivity contribution in [2.75, 3.05) is 7.05 Å². The number of nitrogens with zero attached hydrogens (tertiary/aromatic N) is 3. The Morgan fingerprint density at radius 2 is 1.92 bits per heavy atom. The van der Waals surface area contributed by atoms with E-state index in [4.69, 9.17) is 11.6 Å². The van der Waals surface area contributed by atoms with Gasteiger partial charge < -0.3 is 4.90 Å². The fraction of sp³-hybridized carbons (Fsp3) is 0.158. The molecule has 24 heavy (non-hydrogen) atoms. The van der Waals surface area contributed by atoms with Crippen LogP contribution in [0.25, 0.3) is 5.69 Å². The zero-order chi connectivity index (χ0) is 17.1. The average molecular weight is 340 g/mol. The van der Waals surface area contributed by atoms with Gasteiger partial charge in [-0.3, -0.25) is 4.79 Å². The SMILES string of the molecule is Cc1c(C(=O)N(C)Cc2cccc(Cl)c2)cnn1-c1ccccc1. The number of amides is 1. The molecule has 0 spiro atoms. The highest BCUT2D eigenvalue weighted by Gasteiger charge is 2.18. The van der Waals surface area contributed by atoms with Crippen LogP contribution in [0.3, 0.4) is 0 Å². The number of hydrogen-bond acceptors (Lipinski definition) is 2. The molecule has 0 atom stereocenters. The topological polar surface area (TPSA) is 38.1 Å². The molecule has 122 valence electrons. The van der Waals surface area contributed by atoms with Gasteiger partial charge in [0.1, 0.15) is 0 Å². The van der Waals surface area contributed by atoms with Crippen molar-refractivity contribution in [1.82, 2.24) is 14.7 Å². The van der Waals surface area contributed by atoms with E-state index in [2.05, 4.69) is 5.10 Å². The molecule has 0 radical (unpaired) electrons. The Labute approximate surface area is 146 Å². The lowest BCUT2D eigenvalue weighted by molar-refractivity contribution is 0.0784. The van der Waals surface area contributed by atoms with E-state index >= 15 is 0 Å². The third-order valence-corrected chi connectivity index (χ3v) is 4.13. The summed E-state index contributed by atoms with van der Waals surface area (Å²) in [5, 5.41) is 5.03. The van der Waals surface area contributed by atoms with Crippen molar-refractivity contribution < 1.29 is 4.79 Å². The van der Waals surface area contributed by atoms with Gasteiger partial charge in [-0.25, -0.2) is 4.68 Å². The predicted octanol–water partition coefficient (Wildman–Crippen LogP) is 4.11. The molecule has 1 aromatic heterocycles. The molecule has 0 aliphatic carbocycles. The van der Waals surface area contributed by atoms with Crippen molar-refractivity contribution in [1.29, 1.82) is 0 Å². The quantitative estimate of drug-likeness (QED) is 0.717. The minimum atomic E-state index is -0.0605. The molecule has 0 saturated carbocycles. The fourth-order valence-electron chi connectivity index (χ4n) is 2.64. The van der Waals surface area contributed by atoms with E-state index in [1.807, 2.05) is 61.5 Å². The van der Waals surface area contributed by atoms with E-state index in [0.717, 1.165) is 16.9 Å². The zero-order valence-corrected chi connectivity index (χ0v) is 14.4. The van der Waals surface area contributed by atoms with Crippen LogP contribution in [-0.2, 0) is 6.54 Å². The van der Waals surface area contributed by atoms with E-state index in [0.29, 0.717) is 17.1 Å². The molecule has 5 heteroatoms. The first-order valence-corrected chi connectivity index (χ1v) is 8.04. The summed E-state index contributed by atoms with van der Waals surface area (Å²) in [5.74, 6) is -0.0605. The Morgan fingerprint density at radius 1 is 1.17 bits per heavy atom. The first-order valence-electron chi connectivity index (χ1n) is 7.66.